The maximum absolute atomic E-state index is 12.2. The Kier molecular flexibility index (Phi) is 4.70. The summed E-state index contributed by atoms with van der Waals surface area (Å²) in [6.07, 6.45) is 0. The summed E-state index contributed by atoms with van der Waals surface area (Å²) in [4.78, 5) is 11.7. The molecule has 0 aliphatic carbocycles. The van der Waals surface area contributed by atoms with Crippen molar-refractivity contribution >= 4 is 55.3 Å². The zero-order valence-corrected chi connectivity index (χ0v) is 13.3. The van der Waals surface area contributed by atoms with Gasteiger partial charge in [-0.3, -0.25) is 10.1 Å². The van der Waals surface area contributed by atoms with E-state index in [4.69, 9.17) is 11.6 Å². The van der Waals surface area contributed by atoms with E-state index in [1.165, 1.54) is 24.7 Å². The van der Waals surface area contributed by atoms with E-state index in [9.17, 15) is 13.2 Å². The van der Waals surface area contributed by atoms with Crippen molar-refractivity contribution in [2.24, 2.45) is 0 Å². The molecule has 0 aliphatic heterocycles. The van der Waals surface area contributed by atoms with Gasteiger partial charge in [0.15, 0.2) is 0 Å². The Hall–Kier alpha value is -1.07. The summed E-state index contributed by atoms with van der Waals surface area (Å²) < 4.78 is 25.7. The van der Waals surface area contributed by atoms with Crippen LogP contribution < -0.4 is 5.32 Å². The van der Waals surface area contributed by atoms with Crippen LogP contribution in [0.5, 0.6) is 0 Å². The zero-order chi connectivity index (χ0) is 14.8. The maximum Gasteiger partial charge on any atom is 0.252 e. The first-order valence-corrected chi connectivity index (χ1v) is 8.68. The minimum atomic E-state index is -3.72. The molecule has 1 N–H and O–H groups in total. The second kappa shape index (κ2) is 6.14. The van der Waals surface area contributed by atoms with E-state index in [-0.39, 0.29) is 10.8 Å². The second-order valence-corrected chi connectivity index (χ2v) is 8.43. The number of hydrogen-bond acceptors (Lipinski definition) is 7. The number of amides is 1. The Morgan fingerprint density at radius 2 is 2.25 bits per heavy atom. The minimum absolute atomic E-state index is 0.0914. The normalized spacial score (nSPS) is 11.8. The predicted octanol–water partition coefficient (Wildman–Crippen LogP) is 1.51. The first-order valence-electron chi connectivity index (χ1n) is 5.17. The second-order valence-electron chi connectivity index (χ2n) is 3.61. The van der Waals surface area contributed by atoms with Crippen molar-refractivity contribution in [2.75, 3.05) is 18.9 Å². The molecule has 0 saturated heterocycles. The highest BCUT2D eigenvalue weighted by Gasteiger charge is 2.24. The first kappa shape index (κ1) is 15.3. The summed E-state index contributed by atoms with van der Waals surface area (Å²) >= 11 is 7.80. The van der Waals surface area contributed by atoms with Crippen LogP contribution in [0.4, 0.5) is 5.13 Å². The quantitative estimate of drug-likeness (QED) is 0.880. The topological polar surface area (TPSA) is 92.3 Å². The molecule has 0 radical (unpaired) electrons. The van der Waals surface area contributed by atoms with Crippen molar-refractivity contribution in [3.05, 3.63) is 22.0 Å². The van der Waals surface area contributed by atoms with E-state index in [1.807, 2.05) is 0 Å². The molecule has 2 heterocycles. The highest BCUT2D eigenvalue weighted by Crippen LogP contribution is 2.27. The predicted molar refractivity (Wildman–Crippen MR) is 77.7 cm³/mol. The van der Waals surface area contributed by atoms with Crippen LogP contribution in [-0.4, -0.2) is 42.4 Å². The smallest absolute Gasteiger partial charge is 0.252 e. The Labute approximate surface area is 128 Å². The number of carbonyl (C=O) groups is 1. The Balaban J connectivity index is 2.04. The van der Waals surface area contributed by atoms with Gasteiger partial charge in [-0.15, -0.1) is 21.5 Å². The zero-order valence-electron chi connectivity index (χ0n) is 10.1. The Morgan fingerprint density at radius 3 is 2.80 bits per heavy atom. The van der Waals surface area contributed by atoms with E-state index in [1.54, 1.807) is 0 Å². The molecule has 1 amide bonds. The summed E-state index contributed by atoms with van der Waals surface area (Å²) in [5.41, 5.74) is 1.46. The number of carbonyl (C=O) groups excluding carboxylic acids is 1. The number of halogens is 1. The molecule has 2 rings (SSSR count). The van der Waals surface area contributed by atoms with Gasteiger partial charge in [0.05, 0.1) is 10.9 Å². The molecule has 0 aromatic carbocycles. The largest absolute Gasteiger partial charge is 0.299 e. The molecule has 0 bridgehead atoms. The number of nitrogens with one attached hydrogen (secondary N) is 1. The van der Waals surface area contributed by atoms with Gasteiger partial charge in [-0.25, -0.2) is 8.42 Å². The van der Waals surface area contributed by atoms with Gasteiger partial charge in [-0.1, -0.05) is 22.9 Å². The average molecular weight is 353 g/mol. The number of sulfonamides is 1. The van der Waals surface area contributed by atoms with Crippen molar-refractivity contribution in [3.63, 3.8) is 0 Å². The molecule has 0 unspecified atom stereocenters. The van der Waals surface area contributed by atoms with Crippen LogP contribution >= 0.6 is 34.3 Å². The van der Waals surface area contributed by atoms with E-state index < -0.39 is 15.9 Å². The monoisotopic (exact) mass is 352 g/mol. The van der Waals surface area contributed by atoms with Gasteiger partial charge < -0.3 is 0 Å². The van der Waals surface area contributed by atoms with Gasteiger partial charge in [0.2, 0.25) is 11.0 Å². The summed E-state index contributed by atoms with van der Waals surface area (Å²) in [5, 5.41) is 9.98. The third-order valence-electron chi connectivity index (χ3n) is 2.19. The van der Waals surface area contributed by atoms with Crippen molar-refractivity contribution in [1.29, 1.82) is 0 Å². The lowest BCUT2D eigenvalue weighted by Gasteiger charge is -2.14. The highest BCUT2D eigenvalue weighted by molar-refractivity contribution is 7.91. The molecule has 7 nitrogen and oxygen atoms in total. The van der Waals surface area contributed by atoms with Crippen LogP contribution in [0.1, 0.15) is 0 Å². The van der Waals surface area contributed by atoms with E-state index in [0.717, 1.165) is 27.0 Å². The van der Waals surface area contributed by atoms with Crippen molar-refractivity contribution in [3.8, 4) is 0 Å². The highest BCUT2D eigenvalue weighted by atomic mass is 35.5. The summed E-state index contributed by atoms with van der Waals surface area (Å²) in [5.74, 6) is -0.490. The average Bonchev–Trinajstić information content (AvgIpc) is 3.00. The fraction of sp³-hybridized carbons (Fsp3) is 0.222. The van der Waals surface area contributed by atoms with Crippen molar-refractivity contribution < 1.29 is 13.2 Å². The van der Waals surface area contributed by atoms with E-state index in [0.29, 0.717) is 9.47 Å². The third kappa shape index (κ3) is 3.52. The molecular formula is C9H9ClN4O3S3. The molecule has 0 atom stereocenters. The Bertz CT molecular complexity index is 698. The van der Waals surface area contributed by atoms with Gasteiger partial charge in [0, 0.05) is 7.05 Å². The number of anilines is 1. The van der Waals surface area contributed by atoms with E-state index >= 15 is 0 Å². The summed E-state index contributed by atoms with van der Waals surface area (Å²) in [7, 11) is -2.40. The molecule has 0 aliphatic rings. The van der Waals surface area contributed by atoms with Crippen LogP contribution in [0, 0.1) is 0 Å². The molecule has 11 heteroatoms. The van der Waals surface area contributed by atoms with Gasteiger partial charge in [-0.05, 0) is 12.1 Å². The number of hydrogen-bond donors (Lipinski definition) is 1. The first-order chi connectivity index (χ1) is 9.39. The molecule has 0 fully saturated rings. The van der Waals surface area contributed by atoms with Crippen molar-refractivity contribution in [1.82, 2.24) is 14.5 Å². The standard InChI is InChI=1S/C9H9ClN4O3S3/c1-14(4-7(15)12-9-13-11-5-18-9)20(16,17)8-3-2-6(10)19-8/h2-3,5H,4H2,1H3,(H,12,13,15). The molecule has 0 spiro atoms. The molecular weight excluding hydrogens is 344 g/mol. The van der Waals surface area contributed by atoms with Crippen LogP contribution in [-0.2, 0) is 14.8 Å². The lowest BCUT2D eigenvalue weighted by Crippen LogP contribution is -2.34. The fourth-order valence-corrected chi connectivity index (χ4v) is 4.55. The number of nitrogens with zero attached hydrogens (tertiary/aromatic N) is 3. The lowest BCUT2D eigenvalue weighted by atomic mass is 10.6. The number of likely N-dealkylation sites (N-methyl/N-ethyl adjacent to an activating group) is 1. The number of rotatable bonds is 5. The van der Waals surface area contributed by atoms with Crippen LogP contribution in [0.3, 0.4) is 0 Å². The van der Waals surface area contributed by atoms with Gasteiger partial charge in [0.25, 0.3) is 10.0 Å². The van der Waals surface area contributed by atoms with Crippen molar-refractivity contribution in [2.45, 2.75) is 4.21 Å². The minimum Gasteiger partial charge on any atom is -0.299 e. The number of aromatic nitrogens is 2. The number of thiophene rings is 1. The molecule has 0 saturated carbocycles. The summed E-state index contributed by atoms with van der Waals surface area (Å²) in [6.45, 7) is -0.322. The molecule has 2 aromatic heterocycles. The lowest BCUT2D eigenvalue weighted by molar-refractivity contribution is -0.116. The molecule has 2 aromatic rings. The van der Waals surface area contributed by atoms with E-state index in [2.05, 4.69) is 15.5 Å². The van der Waals surface area contributed by atoms with Crippen LogP contribution in [0.15, 0.2) is 21.9 Å². The van der Waals surface area contributed by atoms with Gasteiger partial charge in [-0.2, -0.15) is 4.31 Å². The summed E-state index contributed by atoms with van der Waals surface area (Å²) in [6, 6.07) is 2.90. The van der Waals surface area contributed by atoms with Gasteiger partial charge >= 0.3 is 0 Å². The third-order valence-corrected chi connectivity index (χ3v) is 6.29. The maximum atomic E-state index is 12.2. The Morgan fingerprint density at radius 1 is 1.50 bits per heavy atom. The van der Waals surface area contributed by atoms with Crippen LogP contribution in [0.25, 0.3) is 0 Å². The van der Waals surface area contributed by atoms with Gasteiger partial charge in [0.1, 0.15) is 9.72 Å². The fourth-order valence-electron chi connectivity index (χ4n) is 1.26. The SMILES string of the molecule is CN(CC(=O)Nc1nncs1)S(=O)(=O)c1ccc(Cl)s1. The molecule has 108 valence electrons. The molecule has 20 heavy (non-hydrogen) atoms. The van der Waals surface area contributed by atoms with Crippen LogP contribution in [0.2, 0.25) is 4.34 Å².